The van der Waals surface area contributed by atoms with Crippen LogP contribution in [0.15, 0.2) is 107 Å². The van der Waals surface area contributed by atoms with Crippen molar-refractivity contribution in [3.63, 3.8) is 0 Å². The molecule has 1 heterocycles. The van der Waals surface area contributed by atoms with Crippen LogP contribution in [0, 0.1) is 0 Å². The van der Waals surface area contributed by atoms with Gasteiger partial charge in [-0.3, -0.25) is 13.4 Å². The fraction of sp³-hybridized carbons (Fsp3) is 0.282. The van der Waals surface area contributed by atoms with Gasteiger partial charge in [-0.25, -0.2) is 4.98 Å². The number of thiazole rings is 1. The van der Waals surface area contributed by atoms with Gasteiger partial charge in [0.2, 0.25) is 0 Å². The molecule has 0 saturated heterocycles. The molecule has 0 amide bonds. The maximum atomic E-state index is 11.3. The number of ether oxygens (including phenoxy) is 2. The lowest BCUT2D eigenvalue weighted by atomic mass is 10.1. The molecular formula is C39H43N3O8S3. The van der Waals surface area contributed by atoms with Gasteiger partial charge >= 0.3 is 0 Å². The Morgan fingerprint density at radius 2 is 1.40 bits per heavy atom. The van der Waals surface area contributed by atoms with E-state index in [4.69, 9.17) is 22.8 Å². The molecule has 0 N–H and O–H groups in total. The molecule has 5 rings (SSSR count). The minimum Gasteiger partial charge on any atom is -0.490 e. The highest BCUT2D eigenvalue weighted by Crippen LogP contribution is 2.36. The molecular weight excluding hydrogens is 735 g/mol. The number of aromatic nitrogens is 1. The van der Waals surface area contributed by atoms with Crippen molar-refractivity contribution >= 4 is 49.2 Å². The van der Waals surface area contributed by atoms with Crippen LogP contribution in [0.5, 0.6) is 11.5 Å². The Bertz CT molecular complexity index is 2120. The van der Waals surface area contributed by atoms with E-state index in [1.807, 2.05) is 114 Å². The molecule has 0 fully saturated rings. The van der Waals surface area contributed by atoms with Gasteiger partial charge in [0.1, 0.15) is 11.6 Å². The molecule has 280 valence electrons. The van der Waals surface area contributed by atoms with Gasteiger partial charge in [-0.05, 0) is 73.4 Å². The predicted octanol–water partition coefficient (Wildman–Crippen LogP) is 7.74. The summed E-state index contributed by atoms with van der Waals surface area (Å²) in [5.41, 5.74) is 6.47. The summed E-state index contributed by atoms with van der Waals surface area (Å²) in [7, 11) is -7.05. The first-order chi connectivity index (χ1) is 25.5. The van der Waals surface area contributed by atoms with Gasteiger partial charge < -0.3 is 14.4 Å². The minimum absolute atomic E-state index is 0.0528. The Kier molecular flexibility index (Phi) is 14.2. The Labute approximate surface area is 316 Å². The summed E-state index contributed by atoms with van der Waals surface area (Å²) in [5, 5.41) is 2.92. The molecule has 0 unspecified atom stereocenters. The number of anilines is 1. The Morgan fingerprint density at radius 3 is 2.02 bits per heavy atom. The van der Waals surface area contributed by atoms with Gasteiger partial charge in [0.15, 0.2) is 11.5 Å². The molecule has 0 radical (unpaired) electrons. The minimum atomic E-state index is -3.53. The van der Waals surface area contributed by atoms with Gasteiger partial charge in [-0.15, -0.1) is 11.3 Å². The zero-order valence-corrected chi connectivity index (χ0v) is 32.3. The molecule has 1 aromatic heterocycles. The highest BCUT2D eigenvalue weighted by Gasteiger charge is 2.13. The summed E-state index contributed by atoms with van der Waals surface area (Å²) in [5.74, 6) is 1.37. The van der Waals surface area contributed by atoms with E-state index in [-0.39, 0.29) is 13.2 Å². The molecule has 0 bridgehead atoms. The van der Waals surface area contributed by atoms with Crippen molar-refractivity contribution in [2.24, 2.45) is 4.99 Å². The molecule has 0 aliphatic rings. The molecule has 0 atom stereocenters. The zero-order chi connectivity index (χ0) is 37.7. The van der Waals surface area contributed by atoms with Crippen LogP contribution in [0.2, 0.25) is 0 Å². The molecule has 0 saturated carbocycles. The molecule has 53 heavy (non-hydrogen) atoms. The van der Waals surface area contributed by atoms with Crippen molar-refractivity contribution in [2.45, 2.75) is 26.4 Å². The fourth-order valence-electron chi connectivity index (χ4n) is 5.24. The van der Waals surface area contributed by atoms with Crippen LogP contribution < -0.4 is 14.4 Å². The van der Waals surface area contributed by atoms with Gasteiger partial charge in [-0.1, -0.05) is 54.6 Å². The summed E-state index contributed by atoms with van der Waals surface area (Å²) >= 11 is 1.57. The number of hydrogen-bond acceptors (Lipinski definition) is 12. The SMILES string of the molecule is CCOc1cc(-c2nc(-c3ccc(N=Cc4ccc(N(CCCOS(C)(=O)=O)CCCOS(C)(=O)=O)cc4)cc3)cs2)ccc1OCc1ccccc1. The van der Waals surface area contributed by atoms with Crippen molar-refractivity contribution in [1.82, 2.24) is 4.98 Å². The van der Waals surface area contributed by atoms with Crippen LogP contribution in [0.1, 0.15) is 30.9 Å². The van der Waals surface area contributed by atoms with Gasteiger partial charge in [0.05, 0.1) is 43.7 Å². The van der Waals surface area contributed by atoms with E-state index in [2.05, 4.69) is 4.99 Å². The van der Waals surface area contributed by atoms with Crippen LogP contribution in [0.3, 0.4) is 0 Å². The molecule has 11 nitrogen and oxygen atoms in total. The maximum absolute atomic E-state index is 11.3. The first kappa shape index (κ1) is 39.6. The fourth-order valence-corrected chi connectivity index (χ4v) is 6.91. The monoisotopic (exact) mass is 777 g/mol. The summed E-state index contributed by atoms with van der Waals surface area (Å²) in [6.45, 7) is 4.06. The first-order valence-electron chi connectivity index (χ1n) is 17.0. The van der Waals surface area contributed by atoms with Gasteiger partial charge in [-0.2, -0.15) is 16.8 Å². The van der Waals surface area contributed by atoms with E-state index in [0.717, 1.165) is 56.8 Å². The normalized spacial score (nSPS) is 11.9. The van der Waals surface area contributed by atoms with E-state index in [1.54, 1.807) is 17.6 Å². The van der Waals surface area contributed by atoms with E-state index >= 15 is 0 Å². The Balaban J connectivity index is 1.20. The van der Waals surface area contributed by atoms with Crippen LogP contribution in [-0.4, -0.2) is 73.5 Å². The standard InChI is InChI=1S/C39H43N3O8S3/c1-4-47-38-26-33(16-21-37(38)48-28-31-10-6-5-7-11-31)39-41-36(29-51-39)32-14-17-34(18-15-32)40-27-30-12-19-35(20-13-30)42(22-8-24-49-52(2,43)44)23-9-25-50-53(3,45)46/h5-7,10-21,26-27,29H,4,8-9,22-25,28H2,1-3H3. The maximum Gasteiger partial charge on any atom is 0.264 e. The number of benzene rings is 4. The van der Waals surface area contributed by atoms with Crippen LogP contribution in [0.4, 0.5) is 11.4 Å². The lowest BCUT2D eigenvalue weighted by Crippen LogP contribution is -2.27. The Morgan fingerprint density at radius 1 is 0.755 bits per heavy atom. The highest BCUT2D eigenvalue weighted by molar-refractivity contribution is 7.86. The van der Waals surface area contributed by atoms with Crippen LogP contribution >= 0.6 is 11.3 Å². The average Bonchev–Trinajstić information content (AvgIpc) is 3.64. The highest BCUT2D eigenvalue weighted by atomic mass is 32.2. The van der Waals surface area contributed by atoms with Crippen LogP contribution in [0.25, 0.3) is 21.8 Å². The largest absolute Gasteiger partial charge is 0.490 e. The lowest BCUT2D eigenvalue weighted by Gasteiger charge is -2.25. The van der Waals surface area contributed by atoms with Crippen molar-refractivity contribution in [1.29, 1.82) is 0 Å². The van der Waals surface area contributed by atoms with Crippen molar-refractivity contribution < 1.29 is 34.7 Å². The summed E-state index contributed by atoms with van der Waals surface area (Å²) in [6.07, 6.45) is 4.75. The smallest absolute Gasteiger partial charge is 0.264 e. The number of rotatable bonds is 20. The quantitative estimate of drug-likeness (QED) is 0.0439. The summed E-state index contributed by atoms with van der Waals surface area (Å²) in [4.78, 5) is 11.6. The second-order valence-electron chi connectivity index (χ2n) is 12.0. The first-order valence-corrected chi connectivity index (χ1v) is 21.5. The van der Waals surface area contributed by atoms with Gasteiger partial charge in [0, 0.05) is 41.5 Å². The van der Waals surface area contributed by atoms with E-state index < -0.39 is 20.2 Å². The number of hydrogen-bond donors (Lipinski definition) is 0. The third-order valence-electron chi connectivity index (χ3n) is 7.76. The van der Waals surface area contributed by atoms with E-state index in [9.17, 15) is 16.8 Å². The summed E-state index contributed by atoms with van der Waals surface area (Å²) in [6, 6.07) is 31.6. The molecule has 4 aromatic carbocycles. The lowest BCUT2D eigenvalue weighted by molar-refractivity contribution is 0.269. The van der Waals surface area contributed by atoms with Crippen molar-refractivity contribution in [2.75, 3.05) is 50.3 Å². The van der Waals surface area contributed by atoms with Gasteiger partial charge in [0.25, 0.3) is 20.2 Å². The van der Waals surface area contributed by atoms with E-state index in [0.29, 0.717) is 50.6 Å². The van der Waals surface area contributed by atoms with Crippen LogP contribution in [-0.2, 0) is 35.2 Å². The zero-order valence-electron chi connectivity index (χ0n) is 29.9. The summed E-state index contributed by atoms with van der Waals surface area (Å²) < 4.78 is 67.1. The molecule has 14 heteroatoms. The molecule has 0 spiro atoms. The molecule has 0 aliphatic carbocycles. The third-order valence-corrected chi connectivity index (χ3v) is 9.84. The second-order valence-corrected chi connectivity index (χ2v) is 16.2. The predicted molar refractivity (Wildman–Crippen MR) is 212 cm³/mol. The van der Waals surface area contributed by atoms with Crippen molar-refractivity contribution in [3.8, 4) is 33.3 Å². The topological polar surface area (TPSA) is 134 Å². The third kappa shape index (κ3) is 13.1. The Hall–Kier alpha value is -4.60. The molecule has 0 aliphatic heterocycles. The average molecular weight is 778 g/mol. The van der Waals surface area contributed by atoms with E-state index in [1.165, 1.54) is 0 Å². The number of nitrogens with zero attached hydrogens (tertiary/aromatic N) is 3. The van der Waals surface area contributed by atoms with Crippen molar-refractivity contribution in [3.05, 3.63) is 114 Å². The second kappa shape index (κ2) is 18.9. The molecule has 5 aromatic rings. The number of aliphatic imine (C=N–C) groups is 1.